The first-order valence-electron chi connectivity index (χ1n) is 6.33. The molecule has 0 fully saturated rings. The molecule has 2 rings (SSSR count). The summed E-state index contributed by atoms with van der Waals surface area (Å²) >= 11 is 1.18. The second-order valence-electron chi connectivity index (χ2n) is 4.18. The van der Waals surface area contributed by atoms with E-state index >= 15 is 0 Å². The molecule has 1 aromatic carbocycles. The second kappa shape index (κ2) is 6.85. The fourth-order valence-corrected chi connectivity index (χ4v) is 2.26. The molecule has 0 aliphatic rings. The van der Waals surface area contributed by atoms with Crippen LogP contribution in [0.5, 0.6) is 0 Å². The number of carbonyl (C=O) groups excluding carboxylic acids is 1. The number of hydrogen-bond acceptors (Lipinski definition) is 6. The number of hydrogen-bond donors (Lipinski definition) is 2. The molecule has 0 amide bonds. The van der Waals surface area contributed by atoms with Gasteiger partial charge >= 0.3 is 11.9 Å². The first-order valence-corrected chi connectivity index (χ1v) is 7.21. The zero-order valence-electron chi connectivity index (χ0n) is 11.3. The predicted molar refractivity (Wildman–Crippen MR) is 79.4 cm³/mol. The molecule has 0 bridgehead atoms. The summed E-state index contributed by atoms with van der Waals surface area (Å²) in [5.41, 5.74) is 1.07. The molecule has 6 nitrogen and oxygen atoms in total. The highest BCUT2D eigenvalue weighted by atomic mass is 32.1. The Morgan fingerprint density at radius 1 is 1.43 bits per heavy atom. The first kappa shape index (κ1) is 15.0. The quantitative estimate of drug-likeness (QED) is 0.797. The fourth-order valence-electron chi connectivity index (χ4n) is 1.55. The number of aromatic nitrogens is 1. The SMILES string of the molecule is CCCOC(=O)c1cccc(Nc2nc(C(=O)O)cs2)c1. The highest BCUT2D eigenvalue weighted by Crippen LogP contribution is 2.22. The Morgan fingerprint density at radius 2 is 2.24 bits per heavy atom. The molecule has 0 aliphatic carbocycles. The molecule has 110 valence electrons. The number of nitrogens with zero attached hydrogens (tertiary/aromatic N) is 1. The number of aromatic carboxylic acids is 1. The van der Waals surface area contributed by atoms with Crippen LogP contribution in [0.2, 0.25) is 0 Å². The van der Waals surface area contributed by atoms with E-state index in [-0.39, 0.29) is 11.7 Å². The van der Waals surface area contributed by atoms with Crippen molar-refractivity contribution < 1.29 is 19.4 Å². The van der Waals surface area contributed by atoms with Crippen LogP contribution >= 0.6 is 11.3 Å². The molecule has 2 N–H and O–H groups in total. The van der Waals surface area contributed by atoms with Gasteiger partial charge in [0.2, 0.25) is 0 Å². The van der Waals surface area contributed by atoms with Gasteiger partial charge < -0.3 is 15.2 Å². The van der Waals surface area contributed by atoms with Crippen LogP contribution in [0.1, 0.15) is 34.2 Å². The summed E-state index contributed by atoms with van der Waals surface area (Å²) < 4.78 is 5.06. The van der Waals surface area contributed by atoms with E-state index in [0.717, 1.165) is 6.42 Å². The molecular weight excluding hydrogens is 292 g/mol. The van der Waals surface area contributed by atoms with E-state index in [4.69, 9.17) is 9.84 Å². The Hall–Kier alpha value is -2.41. The van der Waals surface area contributed by atoms with Crippen molar-refractivity contribution in [2.24, 2.45) is 0 Å². The van der Waals surface area contributed by atoms with Crippen LogP contribution in [0.4, 0.5) is 10.8 Å². The number of carbonyl (C=O) groups is 2. The molecule has 0 saturated carbocycles. The van der Waals surface area contributed by atoms with Crippen LogP contribution in [0.25, 0.3) is 0 Å². The molecule has 0 spiro atoms. The van der Waals surface area contributed by atoms with E-state index in [1.54, 1.807) is 24.3 Å². The maximum absolute atomic E-state index is 11.8. The molecule has 21 heavy (non-hydrogen) atoms. The van der Waals surface area contributed by atoms with Crippen molar-refractivity contribution in [2.45, 2.75) is 13.3 Å². The number of benzene rings is 1. The van der Waals surface area contributed by atoms with Gasteiger partial charge in [-0.25, -0.2) is 14.6 Å². The average Bonchev–Trinajstić information content (AvgIpc) is 2.94. The van der Waals surface area contributed by atoms with Crippen LogP contribution in [0.3, 0.4) is 0 Å². The topological polar surface area (TPSA) is 88.5 Å². The van der Waals surface area contributed by atoms with Crippen LogP contribution < -0.4 is 5.32 Å². The highest BCUT2D eigenvalue weighted by molar-refractivity contribution is 7.14. The van der Waals surface area contributed by atoms with Gasteiger partial charge in [-0.3, -0.25) is 0 Å². The van der Waals surface area contributed by atoms with Gasteiger partial charge in [-0.2, -0.15) is 0 Å². The van der Waals surface area contributed by atoms with Crippen molar-refractivity contribution in [3.05, 3.63) is 40.9 Å². The van der Waals surface area contributed by atoms with Gasteiger partial charge in [-0.15, -0.1) is 11.3 Å². The van der Waals surface area contributed by atoms with Crippen molar-refractivity contribution in [3.63, 3.8) is 0 Å². The summed E-state index contributed by atoms with van der Waals surface area (Å²) in [6.45, 7) is 2.30. The van der Waals surface area contributed by atoms with E-state index < -0.39 is 5.97 Å². The minimum atomic E-state index is -1.07. The van der Waals surface area contributed by atoms with E-state index in [1.165, 1.54) is 16.7 Å². The molecule has 0 radical (unpaired) electrons. The summed E-state index contributed by atoms with van der Waals surface area (Å²) in [6.07, 6.45) is 0.765. The third-order valence-electron chi connectivity index (χ3n) is 2.51. The lowest BCUT2D eigenvalue weighted by Gasteiger charge is -2.06. The number of esters is 1. The zero-order chi connectivity index (χ0) is 15.2. The van der Waals surface area contributed by atoms with Crippen molar-refractivity contribution in [1.29, 1.82) is 0 Å². The molecule has 0 aliphatic heterocycles. The number of rotatable bonds is 6. The maximum Gasteiger partial charge on any atom is 0.355 e. The summed E-state index contributed by atoms with van der Waals surface area (Å²) in [6, 6.07) is 6.78. The normalized spacial score (nSPS) is 10.1. The third kappa shape index (κ3) is 4.03. The Morgan fingerprint density at radius 3 is 2.90 bits per heavy atom. The molecule has 2 aromatic rings. The minimum Gasteiger partial charge on any atom is -0.476 e. The third-order valence-corrected chi connectivity index (χ3v) is 3.27. The monoisotopic (exact) mass is 306 g/mol. The molecule has 0 atom stereocenters. The van der Waals surface area contributed by atoms with Crippen LogP contribution in [-0.4, -0.2) is 28.6 Å². The molecule has 1 aromatic heterocycles. The van der Waals surface area contributed by atoms with Gasteiger partial charge in [0.15, 0.2) is 10.8 Å². The number of nitrogens with one attached hydrogen (secondary N) is 1. The lowest BCUT2D eigenvalue weighted by Crippen LogP contribution is -2.06. The Labute approximate surface area is 125 Å². The Balaban J connectivity index is 2.09. The highest BCUT2D eigenvalue weighted by Gasteiger charge is 2.10. The van der Waals surface area contributed by atoms with E-state index in [2.05, 4.69) is 10.3 Å². The number of thiazole rings is 1. The average molecular weight is 306 g/mol. The van der Waals surface area contributed by atoms with Crippen LogP contribution in [0, 0.1) is 0 Å². The number of carboxylic acids is 1. The van der Waals surface area contributed by atoms with Gasteiger partial charge in [0, 0.05) is 11.1 Å². The zero-order valence-corrected chi connectivity index (χ0v) is 12.1. The van der Waals surface area contributed by atoms with Crippen molar-refractivity contribution in [1.82, 2.24) is 4.98 Å². The molecule has 0 saturated heterocycles. The Kier molecular flexibility index (Phi) is 4.89. The summed E-state index contributed by atoms with van der Waals surface area (Å²) in [4.78, 5) is 26.4. The minimum absolute atomic E-state index is 0.0130. The lowest BCUT2D eigenvalue weighted by molar-refractivity contribution is 0.0504. The molecule has 7 heteroatoms. The predicted octanol–water partition coefficient (Wildman–Crippen LogP) is 3.15. The van der Waals surface area contributed by atoms with Gasteiger partial charge in [0.05, 0.1) is 12.2 Å². The van der Waals surface area contributed by atoms with E-state index in [1.807, 2.05) is 6.92 Å². The second-order valence-corrected chi connectivity index (χ2v) is 5.04. The first-order chi connectivity index (χ1) is 10.1. The standard InChI is InChI=1S/C14H14N2O4S/c1-2-6-20-13(19)9-4-3-5-10(7-9)15-14-16-11(8-21-14)12(17)18/h3-5,7-8H,2,6H2,1H3,(H,15,16)(H,17,18). The van der Waals surface area contributed by atoms with Crippen molar-refractivity contribution >= 4 is 34.1 Å². The Bertz CT molecular complexity index is 654. The fraction of sp³-hybridized carbons (Fsp3) is 0.214. The molecule has 0 unspecified atom stereocenters. The largest absolute Gasteiger partial charge is 0.476 e. The lowest BCUT2D eigenvalue weighted by atomic mass is 10.2. The number of carboxylic acid groups (broad SMARTS) is 1. The van der Waals surface area contributed by atoms with E-state index in [0.29, 0.717) is 23.0 Å². The summed E-state index contributed by atoms with van der Waals surface area (Å²) in [5, 5.41) is 13.7. The van der Waals surface area contributed by atoms with Gasteiger partial charge in [-0.05, 0) is 24.6 Å². The number of anilines is 2. The van der Waals surface area contributed by atoms with Crippen molar-refractivity contribution in [3.8, 4) is 0 Å². The van der Waals surface area contributed by atoms with Gasteiger partial charge in [0.25, 0.3) is 0 Å². The molecular formula is C14H14N2O4S. The van der Waals surface area contributed by atoms with Gasteiger partial charge in [0.1, 0.15) is 0 Å². The van der Waals surface area contributed by atoms with Gasteiger partial charge in [-0.1, -0.05) is 13.0 Å². The van der Waals surface area contributed by atoms with Crippen LogP contribution in [-0.2, 0) is 4.74 Å². The smallest absolute Gasteiger partial charge is 0.355 e. The summed E-state index contributed by atoms with van der Waals surface area (Å²) in [5.74, 6) is -1.46. The van der Waals surface area contributed by atoms with Crippen molar-refractivity contribution in [2.75, 3.05) is 11.9 Å². The molecule has 1 heterocycles. The number of ether oxygens (including phenoxy) is 1. The maximum atomic E-state index is 11.8. The van der Waals surface area contributed by atoms with Crippen LogP contribution in [0.15, 0.2) is 29.6 Å². The van der Waals surface area contributed by atoms with E-state index in [9.17, 15) is 9.59 Å². The summed E-state index contributed by atoms with van der Waals surface area (Å²) in [7, 11) is 0.